The number of fused-ring (bicyclic) bond motifs is 1. The Morgan fingerprint density at radius 3 is 2.80 bits per heavy atom. The number of ketones is 1. The van der Waals surface area contributed by atoms with Crippen molar-refractivity contribution in [3.05, 3.63) is 33.2 Å². The predicted molar refractivity (Wildman–Crippen MR) is 75.9 cm³/mol. The lowest BCUT2D eigenvalue weighted by Gasteiger charge is -2.23. The van der Waals surface area contributed by atoms with E-state index in [4.69, 9.17) is 5.73 Å². The van der Waals surface area contributed by atoms with Gasteiger partial charge in [-0.05, 0) is 25.3 Å². The number of hydrogen-bond acceptors (Lipinski definition) is 3. The van der Waals surface area contributed by atoms with E-state index in [1.165, 1.54) is 6.07 Å². The fraction of sp³-hybridized carbons (Fsp3) is 0.533. The van der Waals surface area contributed by atoms with Crippen LogP contribution in [0.4, 0.5) is 0 Å². The van der Waals surface area contributed by atoms with Crippen molar-refractivity contribution in [3.8, 4) is 0 Å². The standard InChI is InChI=1S/C15H20N2O3/c1-2-3-4-5-9-6-7-12-10(13(9)18)8-11(14(16)19)15(20)17-12/h8-9H,2-7H2,1H3,(H2,16,19)(H,17,20). The Bertz CT molecular complexity index is 589. The Hall–Kier alpha value is -1.91. The Morgan fingerprint density at radius 2 is 2.15 bits per heavy atom. The first-order chi connectivity index (χ1) is 9.54. The number of pyridine rings is 1. The first-order valence-electron chi connectivity index (χ1n) is 7.14. The number of aromatic amines is 1. The van der Waals surface area contributed by atoms with Gasteiger partial charge in [0.2, 0.25) is 0 Å². The average molecular weight is 276 g/mol. The first kappa shape index (κ1) is 14.5. The molecule has 2 rings (SSSR count). The Kier molecular flexibility index (Phi) is 4.37. The predicted octanol–water partition coefficient (Wildman–Crippen LogP) is 1.80. The molecule has 0 bridgehead atoms. The van der Waals surface area contributed by atoms with E-state index in [1.807, 2.05) is 0 Å². The molecule has 0 saturated carbocycles. The normalized spacial score (nSPS) is 17.9. The highest BCUT2D eigenvalue weighted by atomic mass is 16.2. The van der Waals surface area contributed by atoms with Gasteiger partial charge in [-0.2, -0.15) is 0 Å². The van der Waals surface area contributed by atoms with Gasteiger partial charge < -0.3 is 10.7 Å². The zero-order valence-electron chi connectivity index (χ0n) is 11.7. The van der Waals surface area contributed by atoms with Gasteiger partial charge in [0, 0.05) is 17.2 Å². The fourth-order valence-corrected chi connectivity index (χ4v) is 2.75. The molecule has 1 aromatic rings. The summed E-state index contributed by atoms with van der Waals surface area (Å²) in [5.74, 6) is -0.767. The molecule has 5 heteroatoms. The summed E-state index contributed by atoms with van der Waals surface area (Å²) in [6, 6.07) is 1.37. The summed E-state index contributed by atoms with van der Waals surface area (Å²) >= 11 is 0. The van der Waals surface area contributed by atoms with Gasteiger partial charge in [0.15, 0.2) is 5.78 Å². The maximum atomic E-state index is 12.4. The van der Waals surface area contributed by atoms with Crippen molar-refractivity contribution in [1.29, 1.82) is 0 Å². The number of aromatic nitrogens is 1. The lowest BCUT2D eigenvalue weighted by Crippen LogP contribution is -2.30. The third kappa shape index (κ3) is 2.81. The van der Waals surface area contributed by atoms with Crippen molar-refractivity contribution in [3.63, 3.8) is 0 Å². The summed E-state index contributed by atoms with van der Waals surface area (Å²) in [6.07, 6.45) is 5.59. The zero-order valence-corrected chi connectivity index (χ0v) is 11.7. The zero-order chi connectivity index (χ0) is 14.7. The number of unbranched alkanes of at least 4 members (excludes halogenated alkanes) is 2. The summed E-state index contributed by atoms with van der Waals surface area (Å²) in [5, 5.41) is 0. The molecular weight excluding hydrogens is 256 g/mol. The Balaban J connectivity index is 2.26. The van der Waals surface area contributed by atoms with Crippen molar-refractivity contribution in [2.75, 3.05) is 0 Å². The molecule has 5 nitrogen and oxygen atoms in total. The summed E-state index contributed by atoms with van der Waals surface area (Å²) in [4.78, 5) is 37.9. The Morgan fingerprint density at radius 1 is 1.40 bits per heavy atom. The van der Waals surface area contributed by atoms with Gasteiger partial charge in [0.1, 0.15) is 5.56 Å². The summed E-state index contributed by atoms with van der Waals surface area (Å²) < 4.78 is 0. The van der Waals surface area contributed by atoms with Crippen LogP contribution in [-0.2, 0) is 6.42 Å². The number of hydrogen-bond donors (Lipinski definition) is 2. The minimum Gasteiger partial charge on any atom is -0.365 e. The largest absolute Gasteiger partial charge is 0.365 e. The molecule has 0 aliphatic heterocycles. The molecule has 0 aromatic carbocycles. The minimum absolute atomic E-state index is 0.000628. The fourth-order valence-electron chi connectivity index (χ4n) is 2.75. The third-order valence-electron chi connectivity index (χ3n) is 3.92. The Labute approximate surface area is 117 Å². The highest BCUT2D eigenvalue weighted by Crippen LogP contribution is 2.27. The van der Waals surface area contributed by atoms with Crippen LogP contribution in [-0.4, -0.2) is 16.7 Å². The maximum Gasteiger partial charge on any atom is 0.261 e. The quantitative estimate of drug-likeness (QED) is 0.803. The van der Waals surface area contributed by atoms with E-state index in [1.54, 1.807) is 0 Å². The van der Waals surface area contributed by atoms with Gasteiger partial charge in [0.05, 0.1) is 0 Å². The van der Waals surface area contributed by atoms with Gasteiger partial charge in [0.25, 0.3) is 11.5 Å². The summed E-state index contributed by atoms with van der Waals surface area (Å²) in [6.45, 7) is 2.13. The lowest BCUT2D eigenvalue weighted by atomic mass is 9.82. The van der Waals surface area contributed by atoms with Crippen molar-refractivity contribution in [2.24, 2.45) is 11.7 Å². The van der Waals surface area contributed by atoms with Crippen LogP contribution in [0, 0.1) is 5.92 Å². The van der Waals surface area contributed by atoms with Gasteiger partial charge in [-0.25, -0.2) is 0 Å². The number of nitrogens with two attached hydrogens (primary N) is 1. The molecule has 0 spiro atoms. The molecule has 20 heavy (non-hydrogen) atoms. The van der Waals surface area contributed by atoms with E-state index in [0.29, 0.717) is 17.7 Å². The van der Waals surface area contributed by atoms with E-state index in [2.05, 4.69) is 11.9 Å². The lowest BCUT2D eigenvalue weighted by molar-refractivity contribution is 0.0891. The second-order valence-corrected chi connectivity index (χ2v) is 5.36. The van der Waals surface area contributed by atoms with E-state index < -0.39 is 11.5 Å². The molecule has 1 aliphatic rings. The highest BCUT2D eigenvalue weighted by molar-refractivity contribution is 6.02. The number of carbonyl (C=O) groups is 2. The van der Waals surface area contributed by atoms with Crippen LogP contribution >= 0.6 is 0 Å². The van der Waals surface area contributed by atoms with Gasteiger partial charge >= 0.3 is 0 Å². The van der Waals surface area contributed by atoms with Crippen LogP contribution in [0.2, 0.25) is 0 Å². The number of carbonyl (C=O) groups excluding carboxylic acids is 2. The van der Waals surface area contributed by atoms with Gasteiger partial charge in [-0.3, -0.25) is 14.4 Å². The average Bonchev–Trinajstić information content (AvgIpc) is 2.41. The molecule has 0 saturated heterocycles. The van der Waals surface area contributed by atoms with Crippen LogP contribution in [0.3, 0.4) is 0 Å². The molecular formula is C15H20N2O3. The van der Waals surface area contributed by atoms with Crippen molar-refractivity contribution >= 4 is 11.7 Å². The number of primary amides is 1. The third-order valence-corrected chi connectivity index (χ3v) is 3.92. The second-order valence-electron chi connectivity index (χ2n) is 5.36. The van der Waals surface area contributed by atoms with Gasteiger partial charge in [-0.1, -0.05) is 26.2 Å². The minimum atomic E-state index is -0.796. The van der Waals surface area contributed by atoms with E-state index in [0.717, 1.165) is 32.1 Å². The van der Waals surface area contributed by atoms with E-state index >= 15 is 0 Å². The highest BCUT2D eigenvalue weighted by Gasteiger charge is 2.28. The van der Waals surface area contributed by atoms with Crippen molar-refractivity contribution in [2.45, 2.75) is 45.4 Å². The van der Waals surface area contributed by atoms with Crippen LogP contribution in [0.25, 0.3) is 0 Å². The molecule has 0 radical (unpaired) electrons. The van der Waals surface area contributed by atoms with Crippen LogP contribution in [0.1, 0.15) is 65.4 Å². The number of aryl methyl sites for hydroxylation is 1. The van der Waals surface area contributed by atoms with Gasteiger partial charge in [-0.15, -0.1) is 0 Å². The van der Waals surface area contributed by atoms with Crippen molar-refractivity contribution < 1.29 is 9.59 Å². The molecule has 1 aliphatic carbocycles. The van der Waals surface area contributed by atoms with Crippen LogP contribution < -0.4 is 11.3 Å². The molecule has 108 valence electrons. The maximum absolute atomic E-state index is 12.4. The number of rotatable bonds is 5. The van der Waals surface area contributed by atoms with E-state index in [9.17, 15) is 14.4 Å². The molecule has 1 unspecified atom stereocenters. The molecule has 1 heterocycles. The topological polar surface area (TPSA) is 93.0 Å². The number of Topliss-reactive ketones (excluding diaryl/α,β-unsaturated/α-hetero) is 1. The summed E-state index contributed by atoms with van der Waals surface area (Å²) in [7, 11) is 0. The molecule has 3 N–H and O–H groups in total. The monoisotopic (exact) mass is 276 g/mol. The summed E-state index contributed by atoms with van der Waals surface area (Å²) in [5.41, 5.74) is 5.62. The number of nitrogens with one attached hydrogen (secondary N) is 1. The van der Waals surface area contributed by atoms with Crippen LogP contribution in [0.5, 0.6) is 0 Å². The van der Waals surface area contributed by atoms with E-state index in [-0.39, 0.29) is 17.3 Å². The molecule has 1 atom stereocenters. The molecule has 1 aromatic heterocycles. The second kappa shape index (κ2) is 6.03. The smallest absolute Gasteiger partial charge is 0.261 e. The number of amides is 1. The molecule has 1 amide bonds. The first-order valence-corrected chi connectivity index (χ1v) is 7.14. The van der Waals surface area contributed by atoms with Crippen molar-refractivity contribution in [1.82, 2.24) is 4.98 Å². The van der Waals surface area contributed by atoms with Crippen LogP contribution in [0.15, 0.2) is 10.9 Å². The SMILES string of the molecule is CCCCCC1CCc2[nH]c(=O)c(C(N)=O)cc2C1=O. The number of H-pyrrole nitrogens is 1. The molecule has 0 fully saturated rings.